The van der Waals surface area contributed by atoms with Crippen molar-refractivity contribution in [3.8, 4) is 0 Å². The van der Waals surface area contributed by atoms with Crippen molar-refractivity contribution in [2.45, 2.75) is 20.0 Å². The van der Waals surface area contributed by atoms with Gasteiger partial charge in [0.25, 0.3) is 10.1 Å². The van der Waals surface area contributed by atoms with E-state index in [0.29, 0.717) is 6.42 Å². The summed E-state index contributed by atoms with van der Waals surface area (Å²) in [6.07, 6.45) is 3.97. The van der Waals surface area contributed by atoms with Crippen LogP contribution in [0.1, 0.15) is 13.3 Å². The van der Waals surface area contributed by atoms with Crippen molar-refractivity contribution in [3.05, 3.63) is 30.6 Å². The lowest BCUT2D eigenvalue weighted by atomic mass is 10.5. The molecule has 0 radical (unpaired) electrons. The molecule has 0 aliphatic carbocycles. The molecule has 0 bridgehead atoms. The van der Waals surface area contributed by atoms with Gasteiger partial charge in [-0.15, -0.1) is 0 Å². The molecule has 17 heavy (non-hydrogen) atoms. The van der Waals surface area contributed by atoms with Crippen molar-refractivity contribution in [2.75, 3.05) is 5.75 Å². The maximum atomic E-state index is 9.79. The minimum absolute atomic E-state index is 0.132. The lowest BCUT2D eigenvalue weighted by Crippen LogP contribution is -2.01. The molecule has 0 spiro atoms. The first-order chi connectivity index (χ1) is 7.79. The first kappa shape index (κ1) is 18.2. The smallest absolute Gasteiger partial charge is 0.286 e. The molecule has 1 aromatic heterocycles. The van der Waals surface area contributed by atoms with Crippen LogP contribution in [0, 0.1) is 0 Å². The van der Waals surface area contributed by atoms with Gasteiger partial charge in [0.05, 0.1) is 5.75 Å². The third-order valence-corrected chi connectivity index (χ3v) is 1.95. The Bertz CT molecular complexity index is 316. The van der Waals surface area contributed by atoms with Crippen LogP contribution >= 0.6 is 0 Å². The van der Waals surface area contributed by atoms with E-state index in [1.54, 1.807) is 19.3 Å². The predicted molar refractivity (Wildman–Crippen MR) is 58.1 cm³/mol. The summed E-state index contributed by atoms with van der Waals surface area (Å²) in [5, 5.41) is 0. The van der Waals surface area contributed by atoms with Gasteiger partial charge in [-0.2, -0.15) is 21.6 Å². The van der Waals surface area contributed by atoms with Crippen molar-refractivity contribution >= 4 is 10.1 Å². The Kier molecular flexibility index (Phi) is 12.2. The SMILES string of the molecule is CCCS(=O)(=O)O.FC(F)F.c1ccncc1. The van der Waals surface area contributed by atoms with Crippen LogP contribution < -0.4 is 0 Å². The number of alkyl halides is 3. The fraction of sp³-hybridized carbons (Fsp3) is 0.444. The first-order valence-corrected chi connectivity index (χ1v) is 6.13. The van der Waals surface area contributed by atoms with E-state index < -0.39 is 16.8 Å². The highest BCUT2D eigenvalue weighted by Crippen LogP contribution is 1.87. The molecule has 0 unspecified atom stereocenters. The maximum Gasteiger partial charge on any atom is 0.379 e. The summed E-state index contributed by atoms with van der Waals surface area (Å²) < 4.78 is 56.6. The van der Waals surface area contributed by atoms with Crippen LogP contribution in [0.25, 0.3) is 0 Å². The second-order valence-electron chi connectivity index (χ2n) is 2.56. The fourth-order valence-electron chi connectivity index (χ4n) is 0.571. The molecule has 100 valence electrons. The van der Waals surface area contributed by atoms with Crippen molar-refractivity contribution in [1.29, 1.82) is 0 Å². The fourth-order valence-corrected chi connectivity index (χ4v) is 1.09. The summed E-state index contributed by atoms with van der Waals surface area (Å²) in [5.74, 6) is -0.132. The molecule has 1 aromatic rings. The van der Waals surface area contributed by atoms with E-state index in [1.807, 2.05) is 18.2 Å². The molecule has 0 atom stereocenters. The number of rotatable bonds is 2. The highest BCUT2D eigenvalue weighted by molar-refractivity contribution is 7.85. The Balaban J connectivity index is 0. The molecular formula is C9H14F3NO3S. The van der Waals surface area contributed by atoms with Gasteiger partial charge in [0.1, 0.15) is 0 Å². The van der Waals surface area contributed by atoms with Gasteiger partial charge in [0.15, 0.2) is 0 Å². The summed E-state index contributed by atoms with van der Waals surface area (Å²) in [6.45, 7) is -1.98. The quantitative estimate of drug-likeness (QED) is 0.841. The molecule has 0 saturated heterocycles. The van der Waals surface area contributed by atoms with Crippen molar-refractivity contribution < 1.29 is 26.1 Å². The molecule has 1 rings (SSSR count). The minimum atomic E-state index is -3.67. The van der Waals surface area contributed by atoms with Crippen LogP contribution in [0.3, 0.4) is 0 Å². The zero-order valence-corrected chi connectivity index (χ0v) is 9.95. The summed E-state index contributed by atoms with van der Waals surface area (Å²) in [4.78, 5) is 3.78. The average Bonchev–Trinajstić information content (AvgIpc) is 2.18. The molecule has 0 aromatic carbocycles. The van der Waals surface area contributed by atoms with Crippen molar-refractivity contribution in [2.24, 2.45) is 0 Å². The third kappa shape index (κ3) is 31.3. The summed E-state index contributed by atoms with van der Waals surface area (Å²) >= 11 is 0. The molecule has 1 heterocycles. The average molecular weight is 273 g/mol. The van der Waals surface area contributed by atoms with E-state index in [1.165, 1.54) is 0 Å². The van der Waals surface area contributed by atoms with Gasteiger partial charge in [0, 0.05) is 12.4 Å². The van der Waals surface area contributed by atoms with Crippen LogP contribution in [-0.2, 0) is 10.1 Å². The molecule has 8 heteroatoms. The van der Waals surface area contributed by atoms with Crippen molar-refractivity contribution in [1.82, 2.24) is 4.98 Å². The van der Waals surface area contributed by atoms with Gasteiger partial charge in [-0.3, -0.25) is 9.54 Å². The Morgan fingerprint density at radius 2 is 1.59 bits per heavy atom. The van der Waals surface area contributed by atoms with E-state index in [4.69, 9.17) is 4.55 Å². The number of hydrogen-bond donors (Lipinski definition) is 1. The standard InChI is InChI=1S/C5H5N.C3H8O3S.CHF3/c1-2-4-6-5-3-1;1-2-3-7(4,5)6;2-1(3)4/h1-5H;2-3H2,1H3,(H,4,5,6);1H. The molecule has 0 amide bonds. The molecule has 0 saturated carbocycles. The summed E-state index contributed by atoms with van der Waals surface area (Å²) in [7, 11) is -3.67. The molecule has 4 nitrogen and oxygen atoms in total. The Labute approximate surface area is 98.2 Å². The van der Waals surface area contributed by atoms with Crippen LogP contribution in [0.15, 0.2) is 30.6 Å². The number of pyridine rings is 1. The van der Waals surface area contributed by atoms with Gasteiger partial charge >= 0.3 is 6.68 Å². The lowest BCUT2D eigenvalue weighted by molar-refractivity contribution is 0.00819. The number of hydrogen-bond acceptors (Lipinski definition) is 3. The van der Waals surface area contributed by atoms with E-state index in [9.17, 15) is 21.6 Å². The van der Waals surface area contributed by atoms with Crippen molar-refractivity contribution in [3.63, 3.8) is 0 Å². The number of halogens is 3. The van der Waals surface area contributed by atoms with Gasteiger partial charge in [-0.25, -0.2) is 0 Å². The van der Waals surface area contributed by atoms with Crippen LogP contribution in [0.2, 0.25) is 0 Å². The van der Waals surface area contributed by atoms with Gasteiger partial charge in [0.2, 0.25) is 0 Å². The van der Waals surface area contributed by atoms with Crippen LogP contribution in [0.4, 0.5) is 13.2 Å². The second-order valence-corrected chi connectivity index (χ2v) is 4.13. The van der Waals surface area contributed by atoms with E-state index in [2.05, 4.69) is 4.98 Å². The third-order valence-electron chi connectivity index (χ3n) is 1.03. The lowest BCUT2D eigenvalue weighted by Gasteiger charge is -1.85. The zero-order chi connectivity index (χ0) is 13.7. The van der Waals surface area contributed by atoms with Crippen LogP contribution in [0.5, 0.6) is 0 Å². The van der Waals surface area contributed by atoms with Gasteiger partial charge in [-0.05, 0) is 18.6 Å². The highest BCUT2D eigenvalue weighted by Gasteiger charge is 1.98. The topological polar surface area (TPSA) is 67.3 Å². The van der Waals surface area contributed by atoms with E-state index in [-0.39, 0.29) is 5.75 Å². The summed E-state index contributed by atoms with van der Waals surface area (Å²) in [5.41, 5.74) is 0. The largest absolute Gasteiger partial charge is 0.379 e. The molecular weight excluding hydrogens is 259 g/mol. The summed E-state index contributed by atoms with van der Waals surface area (Å²) in [6, 6.07) is 5.72. The first-order valence-electron chi connectivity index (χ1n) is 4.52. The normalized spacial score (nSPS) is 9.76. The molecule has 0 aliphatic heterocycles. The number of nitrogens with zero attached hydrogens (tertiary/aromatic N) is 1. The number of aromatic nitrogens is 1. The zero-order valence-electron chi connectivity index (χ0n) is 9.13. The van der Waals surface area contributed by atoms with Crippen LogP contribution in [-0.4, -0.2) is 30.4 Å². The molecule has 0 aliphatic rings. The second kappa shape index (κ2) is 11.3. The predicted octanol–water partition coefficient (Wildman–Crippen LogP) is 2.54. The van der Waals surface area contributed by atoms with E-state index >= 15 is 0 Å². The minimum Gasteiger partial charge on any atom is -0.286 e. The van der Waals surface area contributed by atoms with E-state index in [0.717, 1.165) is 0 Å². The Hall–Kier alpha value is -1.15. The Morgan fingerprint density at radius 1 is 1.18 bits per heavy atom. The Morgan fingerprint density at radius 3 is 1.65 bits per heavy atom. The maximum absolute atomic E-state index is 9.79. The van der Waals surface area contributed by atoms with Gasteiger partial charge < -0.3 is 0 Å². The monoisotopic (exact) mass is 273 g/mol. The highest BCUT2D eigenvalue weighted by atomic mass is 32.2. The molecule has 0 fully saturated rings. The van der Waals surface area contributed by atoms with Gasteiger partial charge in [-0.1, -0.05) is 13.0 Å². The molecule has 1 N–H and O–H groups in total.